The Hall–Kier alpha value is -2.40. The van der Waals surface area contributed by atoms with Crippen LogP contribution in [0.1, 0.15) is 45.3 Å². The van der Waals surface area contributed by atoms with Gasteiger partial charge in [0, 0.05) is 13.5 Å². The number of nitrogens with zero attached hydrogens (tertiary/aromatic N) is 3. The maximum atomic E-state index is 12.3. The molecule has 0 atom stereocenters. The Morgan fingerprint density at radius 3 is 2.56 bits per heavy atom. The highest BCUT2D eigenvalue weighted by atomic mass is 32.2. The summed E-state index contributed by atoms with van der Waals surface area (Å²) in [4.78, 5) is 36.4. The van der Waals surface area contributed by atoms with Crippen molar-refractivity contribution >= 4 is 45.9 Å². The van der Waals surface area contributed by atoms with Gasteiger partial charge in [0.25, 0.3) is 5.91 Å². The molecule has 9 nitrogen and oxygen atoms in total. The number of anilines is 1. The van der Waals surface area contributed by atoms with Crippen LogP contribution in [0.5, 0.6) is 0 Å². The van der Waals surface area contributed by atoms with Gasteiger partial charge in [0.2, 0.25) is 5.91 Å². The average molecular weight is 412 g/mol. The second kappa shape index (κ2) is 9.00. The van der Waals surface area contributed by atoms with Gasteiger partial charge in [-0.2, -0.15) is 0 Å². The average Bonchev–Trinajstić information content (AvgIpc) is 3.13. The molecule has 2 amide bonds. The van der Waals surface area contributed by atoms with Crippen LogP contribution < -0.4 is 11.1 Å². The lowest BCUT2D eigenvalue weighted by molar-refractivity contribution is -0.113. The van der Waals surface area contributed by atoms with Gasteiger partial charge in [0.1, 0.15) is 10.8 Å². The summed E-state index contributed by atoms with van der Waals surface area (Å²) >= 11 is 2.19. The minimum atomic E-state index is -0.663. The van der Waals surface area contributed by atoms with Gasteiger partial charge in [-0.15, -0.1) is 21.5 Å². The number of carbonyl (C=O) groups excluding carboxylic acids is 3. The minimum Gasteiger partial charge on any atom is -0.462 e. The van der Waals surface area contributed by atoms with Crippen molar-refractivity contribution in [3.63, 3.8) is 0 Å². The molecule has 0 aromatic carbocycles. The van der Waals surface area contributed by atoms with E-state index in [1.165, 1.54) is 11.8 Å². The van der Waals surface area contributed by atoms with Gasteiger partial charge in [-0.05, 0) is 19.4 Å². The predicted octanol–water partition coefficient (Wildman–Crippen LogP) is 1.75. The van der Waals surface area contributed by atoms with E-state index in [4.69, 9.17) is 10.5 Å². The number of hydrogen-bond donors (Lipinski definition) is 2. The lowest BCUT2D eigenvalue weighted by Gasteiger charge is -2.07. The number of nitrogens with two attached hydrogens (primary N) is 1. The zero-order valence-electron chi connectivity index (χ0n) is 15.5. The van der Waals surface area contributed by atoms with Crippen molar-refractivity contribution in [2.45, 2.75) is 32.3 Å². The third-order valence-electron chi connectivity index (χ3n) is 3.68. The molecule has 0 fully saturated rings. The smallest absolute Gasteiger partial charge is 0.341 e. The molecule has 0 saturated carbocycles. The first-order valence-corrected chi connectivity index (χ1v) is 10.0. The molecule has 0 saturated heterocycles. The van der Waals surface area contributed by atoms with Crippen LogP contribution in [0.4, 0.5) is 5.00 Å². The third kappa shape index (κ3) is 4.66. The van der Waals surface area contributed by atoms with E-state index in [0.29, 0.717) is 10.7 Å². The molecule has 11 heteroatoms. The summed E-state index contributed by atoms with van der Waals surface area (Å²) in [6, 6.07) is 0. The van der Waals surface area contributed by atoms with Gasteiger partial charge in [-0.25, -0.2) is 4.79 Å². The van der Waals surface area contributed by atoms with Gasteiger partial charge in [0.15, 0.2) is 5.16 Å². The molecule has 0 unspecified atom stereocenters. The molecule has 0 aliphatic rings. The van der Waals surface area contributed by atoms with Crippen molar-refractivity contribution in [2.75, 3.05) is 17.7 Å². The molecular formula is C16H21N5O4S2. The van der Waals surface area contributed by atoms with Gasteiger partial charge >= 0.3 is 5.97 Å². The summed E-state index contributed by atoms with van der Waals surface area (Å²) in [5.41, 5.74) is 5.90. The quantitative estimate of drug-likeness (QED) is 0.500. The number of hydrogen-bond acceptors (Lipinski definition) is 8. The summed E-state index contributed by atoms with van der Waals surface area (Å²) in [7, 11) is 1.83. The number of carbonyl (C=O) groups is 3. The molecule has 0 bridgehead atoms. The molecule has 2 heterocycles. The molecule has 2 rings (SSSR count). The lowest BCUT2D eigenvalue weighted by atomic mass is 10.1. The number of amides is 2. The molecule has 2 aromatic rings. The fraction of sp³-hybridized carbons (Fsp3) is 0.438. The van der Waals surface area contributed by atoms with E-state index in [-0.39, 0.29) is 33.7 Å². The highest BCUT2D eigenvalue weighted by Gasteiger charge is 2.25. The number of rotatable bonds is 8. The van der Waals surface area contributed by atoms with Crippen molar-refractivity contribution in [3.8, 4) is 0 Å². The zero-order valence-corrected chi connectivity index (χ0v) is 17.1. The van der Waals surface area contributed by atoms with Gasteiger partial charge in [-0.3, -0.25) is 9.59 Å². The SMILES string of the molecule is CCOC(=O)c1c(NC(=O)CSc2nnc(CC)n2C)sc(C(N)=O)c1C. The number of primary amides is 1. The summed E-state index contributed by atoms with van der Waals surface area (Å²) in [6.07, 6.45) is 0.740. The van der Waals surface area contributed by atoms with Crippen LogP contribution >= 0.6 is 23.1 Å². The number of aromatic nitrogens is 3. The number of thiophene rings is 1. The van der Waals surface area contributed by atoms with Crippen molar-refractivity contribution in [2.24, 2.45) is 12.8 Å². The van der Waals surface area contributed by atoms with Gasteiger partial charge < -0.3 is 20.4 Å². The van der Waals surface area contributed by atoms with Crippen LogP contribution in [0.2, 0.25) is 0 Å². The summed E-state index contributed by atoms with van der Waals surface area (Å²) in [5.74, 6) is -0.723. The molecule has 0 aliphatic heterocycles. The van der Waals surface area contributed by atoms with Crippen LogP contribution in [0.25, 0.3) is 0 Å². The van der Waals surface area contributed by atoms with E-state index in [1.807, 2.05) is 18.5 Å². The maximum absolute atomic E-state index is 12.3. The van der Waals surface area contributed by atoms with Crippen LogP contribution in [-0.4, -0.2) is 44.9 Å². The van der Waals surface area contributed by atoms with Crippen LogP contribution in [0, 0.1) is 6.92 Å². The van der Waals surface area contributed by atoms with Crippen LogP contribution in [0.15, 0.2) is 5.16 Å². The van der Waals surface area contributed by atoms with E-state index in [1.54, 1.807) is 13.8 Å². The molecule has 146 valence electrons. The topological polar surface area (TPSA) is 129 Å². The molecule has 0 aliphatic carbocycles. The van der Waals surface area contributed by atoms with Crippen LogP contribution in [-0.2, 0) is 23.0 Å². The Balaban J connectivity index is 2.16. The summed E-state index contributed by atoms with van der Waals surface area (Å²) in [6.45, 7) is 5.42. The second-order valence-electron chi connectivity index (χ2n) is 5.49. The first-order chi connectivity index (χ1) is 12.8. The first-order valence-electron chi connectivity index (χ1n) is 8.21. The third-order valence-corrected chi connectivity index (χ3v) is 5.92. The molecule has 2 aromatic heterocycles. The number of esters is 1. The van der Waals surface area contributed by atoms with Crippen molar-refractivity contribution in [1.29, 1.82) is 0 Å². The van der Waals surface area contributed by atoms with E-state index in [2.05, 4.69) is 15.5 Å². The monoisotopic (exact) mass is 411 g/mol. The highest BCUT2D eigenvalue weighted by Crippen LogP contribution is 2.33. The number of thioether (sulfide) groups is 1. The standard InChI is InChI=1S/C16H21N5O4S2/c1-5-9-19-20-16(21(9)4)26-7-10(22)18-14-11(15(24)25-6-2)8(3)12(27-14)13(17)23/h5-7H2,1-4H3,(H2,17,23)(H,18,22). The zero-order chi connectivity index (χ0) is 20.1. The van der Waals surface area contributed by atoms with E-state index in [9.17, 15) is 14.4 Å². The van der Waals surface area contributed by atoms with Gasteiger partial charge in [-0.1, -0.05) is 18.7 Å². The Morgan fingerprint density at radius 2 is 2.00 bits per heavy atom. The minimum absolute atomic E-state index is 0.0702. The number of nitrogens with one attached hydrogen (secondary N) is 1. The first kappa shape index (κ1) is 20.9. The van der Waals surface area contributed by atoms with Crippen molar-refractivity contribution in [1.82, 2.24) is 14.8 Å². The molecule has 0 radical (unpaired) electrons. The van der Waals surface area contributed by atoms with E-state index >= 15 is 0 Å². The molecular weight excluding hydrogens is 390 g/mol. The number of aryl methyl sites for hydroxylation is 1. The summed E-state index contributed by atoms with van der Waals surface area (Å²) < 4.78 is 6.84. The normalized spacial score (nSPS) is 10.7. The highest BCUT2D eigenvalue weighted by molar-refractivity contribution is 7.99. The Kier molecular flexibility index (Phi) is 6.97. The van der Waals surface area contributed by atoms with E-state index < -0.39 is 11.9 Å². The van der Waals surface area contributed by atoms with Crippen molar-refractivity contribution in [3.05, 3.63) is 21.8 Å². The Morgan fingerprint density at radius 1 is 1.30 bits per heavy atom. The maximum Gasteiger partial charge on any atom is 0.341 e. The van der Waals surface area contributed by atoms with Crippen molar-refractivity contribution < 1.29 is 19.1 Å². The molecule has 0 spiro atoms. The molecule has 27 heavy (non-hydrogen) atoms. The second-order valence-corrected chi connectivity index (χ2v) is 7.46. The number of ether oxygens (including phenoxy) is 1. The van der Waals surface area contributed by atoms with Crippen LogP contribution in [0.3, 0.4) is 0 Å². The largest absolute Gasteiger partial charge is 0.462 e. The predicted molar refractivity (Wildman–Crippen MR) is 103 cm³/mol. The Labute approximate surface area is 164 Å². The molecule has 3 N–H and O–H groups in total. The summed E-state index contributed by atoms with van der Waals surface area (Å²) in [5, 5.41) is 11.6. The fourth-order valence-electron chi connectivity index (χ4n) is 2.36. The fourth-order valence-corrected chi connectivity index (χ4v) is 4.15. The lowest BCUT2D eigenvalue weighted by Crippen LogP contribution is -2.17. The van der Waals surface area contributed by atoms with E-state index in [0.717, 1.165) is 23.6 Å². The van der Waals surface area contributed by atoms with Gasteiger partial charge in [0.05, 0.1) is 22.8 Å². The Bertz CT molecular complexity index is 875.